The number of hydrogen-bond acceptors (Lipinski definition) is 5. The van der Waals surface area contributed by atoms with Crippen LogP contribution in [0.5, 0.6) is 0 Å². The van der Waals surface area contributed by atoms with Crippen LogP contribution in [0.15, 0.2) is 60.1 Å². The summed E-state index contributed by atoms with van der Waals surface area (Å²) in [6, 6.07) is 13.3. The van der Waals surface area contributed by atoms with E-state index in [1.807, 2.05) is 5.38 Å². The third-order valence-electron chi connectivity index (χ3n) is 3.72. The van der Waals surface area contributed by atoms with Crippen LogP contribution in [0.2, 0.25) is 0 Å². The van der Waals surface area contributed by atoms with Crippen molar-refractivity contribution < 1.29 is 14.7 Å². The highest BCUT2D eigenvalue weighted by Crippen LogP contribution is 2.23. The van der Waals surface area contributed by atoms with Crippen LogP contribution in [-0.4, -0.2) is 20.7 Å². The third-order valence-corrected chi connectivity index (χ3v) is 4.59. The van der Waals surface area contributed by atoms with Gasteiger partial charge in [0.05, 0.1) is 4.88 Å². The van der Waals surface area contributed by atoms with Crippen molar-refractivity contribution in [2.75, 3.05) is 0 Å². The molecule has 0 aliphatic heterocycles. The highest BCUT2D eigenvalue weighted by Gasteiger charge is 2.25. The van der Waals surface area contributed by atoms with Crippen LogP contribution in [0.25, 0.3) is 22.6 Å². The largest absolute Gasteiger partial charge is 0.710 e. The van der Waals surface area contributed by atoms with E-state index in [-0.39, 0.29) is 17.1 Å². The second kappa shape index (κ2) is 5.47. The molecule has 1 aromatic carbocycles. The maximum atomic E-state index is 12.6. The maximum Gasteiger partial charge on any atom is 0.350 e. The number of carbonyl (C=O) groups excluding carboxylic acids is 1. The summed E-state index contributed by atoms with van der Waals surface area (Å²) in [6.07, 6.45) is 1.54. The first-order valence-corrected chi connectivity index (χ1v) is 8.01. The number of pyridine rings is 1. The molecule has 4 rings (SSSR count). The van der Waals surface area contributed by atoms with Crippen molar-refractivity contribution in [2.24, 2.45) is 0 Å². The number of thiophene rings is 1. The number of imidazole rings is 1. The van der Waals surface area contributed by atoms with Crippen LogP contribution in [-0.2, 0) is 0 Å². The van der Waals surface area contributed by atoms with Gasteiger partial charge in [0.15, 0.2) is 11.2 Å². The van der Waals surface area contributed by atoms with E-state index in [9.17, 15) is 15.2 Å². The van der Waals surface area contributed by atoms with E-state index in [1.54, 1.807) is 48.7 Å². The second-order valence-electron chi connectivity index (χ2n) is 5.15. The van der Waals surface area contributed by atoms with Crippen LogP contribution in [0.4, 0.5) is 0 Å². The summed E-state index contributed by atoms with van der Waals surface area (Å²) in [7, 11) is 0. The number of nitrogens with zero attached hydrogens (tertiary/aromatic N) is 3. The van der Waals surface area contributed by atoms with Crippen LogP contribution < -0.4 is 4.73 Å². The molecule has 0 fully saturated rings. The average Bonchev–Trinajstić information content (AvgIpc) is 3.23. The van der Waals surface area contributed by atoms with Gasteiger partial charge in [-0.15, -0.1) is 11.3 Å². The number of aromatic nitrogens is 3. The van der Waals surface area contributed by atoms with E-state index in [1.165, 1.54) is 17.4 Å². The SMILES string of the molecule is O=C(c1ccc2c(c1)[n+]([O-])c(-c1ccccn1)n2O)c1cccs1. The van der Waals surface area contributed by atoms with Crippen molar-refractivity contribution in [3.63, 3.8) is 0 Å². The van der Waals surface area contributed by atoms with Gasteiger partial charge in [-0.3, -0.25) is 4.79 Å². The lowest BCUT2D eigenvalue weighted by Crippen LogP contribution is -2.28. The molecule has 24 heavy (non-hydrogen) atoms. The molecule has 0 aliphatic rings. The zero-order chi connectivity index (χ0) is 16.7. The molecule has 0 saturated heterocycles. The van der Waals surface area contributed by atoms with Gasteiger partial charge in [-0.05, 0) is 40.4 Å². The van der Waals surface area contributed by atoms with Crippen LogP contribution in [0, 0.1) is 5.21 Å². The molecule has 6 nitrogen and oxygen atoms in total. The number of fused-ring (bicyclic) bond motifs is 1. The lowest BCUT2D eigenvalue weighted by atomic mass is 10.1. The van der Waals surface area contributed by atoms with Gasteiger partial charge in [0.2, 0.25) is 11.3 Å². The molecule has 7 heteroatoms. The molecule has 0 bridgehead atoms. The monoisotopic (exact) mass is 337 g/mol. The number of ketones is 1. The maximum absolute atomic E-state index is 12.6. The molecule has 0 amide bonds. The Morgan fingerprint density at radius 3 is 2.79 bits per heavy atom. The zero-order valence-electron chi connectivity index (χ0n) is 12.3. The van der Waals surface area contributed by atoms with Crippen LogP contribution in [0.3, 0.4) is 0 Å². The first-order chi connectivity index (χ1) is 11.7. The quantitative estimate of drug-likeness (QED) is 0.270. The minimum atomic E-state index is -0.156. The summed E-state index contributed by atoms with van der Waals surface area (Å²) >= 11 is 1.34. The topological polar surface area (TPSA) is 82.1 Å². The van der Waals surface area contributed by atoms with E-state index in [2.05, 4.69) is 4.98 Å². The lowest BCUT2D eigenvalue weighted by molar-refractivity contribution is -0.567. The Morgan fingerprint density at radius 2 is 2.08 bits per heavy atom. The first kappa shape index (κ1) is 14.4. The molecule has 1 N–H and O–H groups in total. The van der Waals surface area contributed by atoms with Crippen molar-refractivity contribution in [1.82, 2.24) is 9.71 Å². The summed E-state index contributed by atoms with van der Waals surface area (Å²) in [5.74, 6) is -0.150. The minimum absolute atomic E-state index is 0.00585. The fraction of sp³-hybridized carbons (Fsp3) is 0. The van der Waals surface area contributed by atoms with E-state index in [0.717, 1.165) is 4.73 Å². The van der Waals surface area contributed by atoms with Crippen molar-refractivity contribution in [2.45, 2.75) is 0 Å². The van der Waals surface area contributed by atoms with Gasteiger partial charge in [-0.1, -0.05) is 12.1 Å². The Hall–Kier alpha value is -3.19. The van der Waals surface area contributed by atoms with E-state index in [4.69, 9.17) is 0 Å². The molecule has 0 spiro atoms. The first-order valence-electron chi connectivity index (χ1n) is 7.13. The highest BCUT2D eigenvalue weighted by molar-refractivity contribution is 7.12. The van der Waals surface area contributed by atoms with Crippen molar-refractivity contribution in [3.8, 4) is 11.5 Å². The van der Waals surface area contributed by atoms with Gasteiger partial charge < -0.3 is 10.4 Å². The fourth-order valence-corrected chi connectivity index (χ4v) is 3.26. The molecule has 3 aromatic heterocycles. The van der Waals surface area contributed by atoms with E-state index < -0.39 is 0 Å². The summed E-state index contributed by atoms with van der Waals surface area (Å²) in [4.78, 5) is 17.1. The van der Waals surface area contributed by atoms with Gasteiger partial charge in [0.1, 0.15) is 0 Å². The number of rotatable bonds is 3. The summed E-state index contributed by atoms with van der Waals surface area (Å²) in [5, 5.41) is 24.7. The van der Waals surface area contributed by atoms with Gasteiger partial charge in [-0.2, -0.15) is 0 Å². The predicted molar refractivity (Wildman–Crippen MR) is 89.1 cm³/mol. The van der Waals surface area contributed by atoms with Crippen LogP contribution in [0.1, 0.15) is 15.2 Å². The molecular weight excluding hydrogens is 326 g/mol. The molecule has 118 valence electrons. The Labute approximate surface area is 140 Å². The Balaban J connectivity index is 1.89. The zero-order valence-corrected chi connectivity index (χ0v) is 13.1. The molecular formula is C17H11N3O3S. The number of carbonyl (C=O) groups is 1. The van der Waals surface area contributed by atoms with E-state index >= 15 is 0 Å². The van der Waals surface area contributed by atoms with Gasteiger partial charge in [0.25, 0.3) is 0 Å². The van der Waals surface area contributed by atoms with Crippen molar-refractivity contribution >= 4 is 28.2 Å². The predicted octanol–water partition coefficient (Wildman–Crippen LogP) is 2.87. The minimum Gasteiger partial charge on any atom is -0.710 e. The number of benzene rings is 1. The molecule has 0 saturated carbocycles. The van der Waals surface area contributed by atoms with E-state index in [0.29, 0.717) is 26.4 Å². The average molecular weight is 337 g/mol. The Morgan fingerprint density at radius 1 is 1.21 bits per heavy atom. The fourth-order valence-electron chi connectivity index (χ4n) is 2.58. The highest BCUT2D eigenvalue weighted by atomic mass is 32.1. The van der Waals surface area contributed by atoms with Crippen LogP contribution >= 0.6 is 11.3 Å². The normalized spacial score (nSPS) is 11.0. The Kier molecular flexibility index (Phi) is 3.28. The van der Waals surface area contributed by atoms with Gasteiger partial charge in [0, 0.05) is 17.8 Å². The molecule has 0 atom stereocenters. The van der Waals surface area contributed by atoms with Crippen molar-refractivity contribution in [3.05, 3.63) is 75.8 Å². The van der Waals surface area contributed by atoms with Crippen molar-refractivity contribution in [1.29, 1.82) is 0 Å². The van der Waals surface area contributed by atoms with Gasteiger partial charge in [-0.25, -0.2) is 9.71 Å². The summed E-state index contributed by atoms with van der Waals surface area (Å²) < 4.78 is 1.38. The van der Waals surface area contributed by atoms with Gasteiger partial charge >= 0.3 is 5.82 Å². The molecule has 0 unspecified atom stereocenters. The standard InChI is InChI=1S/C17H11N3O3S/c21-16(15-5-3-9-24-15)11-6-7-13-14(10-11)20(23)17(19(13)22)12-4-1-2-8-18-12/h1-10,22H. The smallest absolute Gasteiger partial charge is 0.350 e. The second-order valence-corrected chi connectivity index (χ2v) is 6.10. The molecule has 4 aromatic rings. The Bertz CT molecular complexity index is 1040. The molecule has 0 aliphatic carbocycles. The molecule has 0 radical (unpaired) electrons. The summed E-state index contributed by atoms with van der Waals surface area (Å²) in [5.41, 5.74) is 1.26. The molecule has 3 heterocycles. The third kappa shape index (κ3) is 2.14. The summed E-state index contributed by atoms with van der Waals surface area (Å²) in [6.45, 7) is 0. The lowest BCUT2D eigenvalue weighted by Gasteiger charge is -2.02. The number of hydrogen-bond donors (Lipinski definition) is 1.